The van der Waals surface area contributed by atoms with Gasteiger partial charge in [0.15, 0.2) is 0 Å². The third-order valence-corrected chi connectivity index (χ3v) is 5.28. The van der Waals surface area contributed by atoms with Crippen molar-refractivity contribution in [1.29, 1.82) is 0 Å². The summed E-state index contributed by atoms with van der Waals surface area (Å²) >= 11 is 0. The van der Waals surface area contributed by atoms with Crippen molar-refractivity contribution in [3.05, 3.63) is 53.6 Å². The van der Waals surface area contributed by atoms with Gasteiger partial charge in [-0.3, -0.25) is 9.52 Å². The lowest BCUT2D eigenvalue weighted by Gasteiger charge is -2.13. The first-order chi connectivity index (χ1) is 11.9. The van der Waals surface area contributed by atoms with E-state index in [0.717, 1.165) is 18.4 Å². The minimum absolute atomic E-state index is 0.0273. The van der Waals surface area contributed by atoms with Crippen LogP contribution in [-0.4, -0.2) is 27.5 Å². The molecule has 3 rings (SSSR count). The fraction of sp³-hybridized carbons (Fsp3) is 0.278. The van der Waals surface area contributed by atoms with Crippen molar-refractivity contribution in [2.45, 2.75) is 30.7 Å². The molecule has 2 N–H and O–H groups in total. The number of rotatable bonds is 6. The quantitative estimate of drug-likeness (QED) is 0.829. The fourth-order valence-corrected chi connectivity index (χ4v) is 3.51. The number of nitrogens with one attached hydrogen (secondary N) is 2. The number of sulfonamides is 1. The summed E-state index contributed by atoms with van der Waals surface area (Å²) in [4.78, 5) is 12.2. The number of methoxy groups -OCH3 is 1. The van der Waals surface area contributed by atoms with Gasteiger partial charge >= 0.3 is 0 Å². The highest BCUT2D eigenvalue weighted by atomic mass is 32.2. The van der Waals surface area contributed by atoms with E-state index in [9.17, 15) is 13.2 Å². The molecule has 132 valence electrons. The van der Waals surface area contributed by atoms with Gasteiger partial charge in [-0.25, -0.2) is 8.42 Å². The summed E-state index contributed by atoms with van der Waals surface area (Å²) in [6.07, 6.45) is 1.94. The van der Waals surface area contributed by atoms with Gasteiger partial charge in [0.2, 0.25) is 0 Å². The molecule has 0 radical (unpaired) electrons. The number of anilines is 1. The maximum absolute atomic E-state index is 12.7. The summed E-state index contributed by atoms with van der Waals surface area (Å²) in [5, 5.41) is 2.85. The van der Waals surface area contributed by atoms with E-state index in [-0.39, 0.29) is 16.8 Å². The van der Waals surface area contributed by atoms with Crippen LogP contribution in [0.25, 0.3) is 0 Å². The molecule has 1 amide bonds. The second-order valence-corrected chi connectivity index (χ2v) is 7.77. The number of hydrogen-bond acceptors (Lipinski definition) is 4. The van der Waals surface area contributed by atoms with Crippen molar-refractivity contribution in [2.75, 3.05) is 11.8 Å². The lowest BCUT2D eigenvalue weighted by molar-refractivity contribution is 0.0951. The maximum Gasteiger partial charge on any atom is 0.262 e. The van der Waals surface area contributed by atoms with Crippen LogP contribution >= 0.6 is 0 Å². The van der Waals surface area contributed by atoms with Crippen LogP contribution in [0.3, 0.4) is 0 Å². The summed E-state index contributed by atoms with van der Waals surface area (Å²) in [5.74, 6) is 0.171. The first-order valence-corrected chi connectivity index (χ1v) is 9.46. The molecule has 6 nitrogen and oxygen atoms in total. The standard InChI is InChI=1S/C18H20N2O4S/c1-12-6-9-17(24-2)16(10-12)20-25(22,23)15-5-3-4-13(11-15)18(21)19-14-7-8-14/h3-6,9-11,14,20H,7-8H2,1-2H3,(H,19,21). The molecule has 0 atom stereocenters. The van der Waals surface area contributed by atoms with Crippen LogP contribution in [0.1, 0.15) is 28.8 Å². The topological polar surface area (TPSA) is 84.5 Å². The zero-order chi connectivity index (χ0) is 18.0. The van der Waals surface area contributed by atoms with Gasteiger partial charge < -0.3 is 10.1 Å². The lowest BCUT2D eigenvalue weighted by Crippen LogP contribution is -2.25. The highest BCUT2D eigenvalue weighted by Gasteiger charge is 2.24. The zero-order valence-electron chi connectivity index (χ0n) is 14.1. The lowest BCUT2D eigenvalue weighted by atomic mass is 10.2. The molecule has 1 fully saturated rings. The molecule has 0 aromatic heterocycles. The first kappa shape index (κ1) is 17.3. The number of aryl methyl sites for hydroxylation is 1. The van der Waals surface area contributed by atoms with Gasteiger partial charge in [0.25, 0.3) is 15.9 Å². The molecular formula is C18H20N2O4S. The third kappa shape index (κ3) is 4.11. The predicted octanol–water partition coefficient (Wildman–Crippen LogP) is 2.70. The normalized spacial score (nSPS) is 14.0. The average Bonchev–Trinajstić information content (AvgIpc) is 3.39. The Morgan fingerprint density at radius 1 is 1.16 bits per heavy atom. The maximum atomic E-state index is 12.7. The fourth-order valence-electron chi connectivity index (χ4n) is 2.41. The van der Waals surface area contributed by atoms with Crippen LogP contribution in [-0.2, 0) is 10.0 Å². The van der Waals surface area contributed by atoms with Gasteiger partial charge in [-0.1, -0.05) is 12.1 Å². The minimum atomic E-state index is -3.84. The highest BCUT2D eigenvalue weighted by Crippen LogP contribution is 2.28. The summed E-state index contributed by atoms with van der Waals surface area (Å²) in [7, 11) is -2.36. The average molecular weight is 360 g/mol. The molecule has 1 saturated carbocycles. The molecule has 0 aliphatic heterocycles. The Bertz CT molecular complexity index is 905. The van der Waals surface area contributed by atoms with E-state index < -0.39 is 10.0 Å². The smallest absolute Gasteiger partial charge is 0.262 e. The van der Waals surface area contributed by atoms with Crippen LogP contribution in [0.5, 0.6) is 5.75 Å². The number of amides is 1. The molecule has 0 bridgehead atoms. The van der Waals surface area contributed by atoms with Crippen LogP contribution in [0, 0.1) is 6.92 Å². The van der Waals surface area contributed by atoms with Crippen molar-refractivity contribution < 1.29 is 17.9 Å². The second-order valence-electron chi connectivity index (χ2n) is 6.08. The second kappa shape index (κ2) is 6.76. The van der Waals surface area contributed by atoms with E-state index in [2.05, 4.69) is 10.0 Å². The van der Waals surface area contributed by atoms with Gasteiger partial charge in [-0.15, -0.1) is 0 Å². The van der Waals surface area contributed by atoms with Crippen molar-refractivity contribution in [2.24, 2.45) is 0 Å². The zero-order valence-corrected chi connectivity index (χ0v) is 14.9. The largest absolute Gasteiger partial charge is 0.495 e. The minimum Gasteiger partial charge on any atom is -0.495 e. The molecule has 1 aliphatic rings. The molecule has 25 heavy (non-hydrogen) atoms. The van der Waals surface area contributed by atoms with E-state index in [0.29, 0.717) is 17.0 Å². The van der Waals surface area contributed by atoms with Gasteiger partial charge in [0, 0.05) is 11.6 Å². The Morgan fingerprint density at radius 3 is 2.60 bits per heavy atom. The highest BCUT2D eigenvalue weighted by molar-refractivity contribution is 7.92. The molecule has 0 saturated heterocycles. The van der Waals surface area contributed by atoms with Crippen molar-refractivity contribution in [1.82, 2.24) is 5.32 Å². The molecule has 1 aliphatic carbocycles. The van der Waals surface area contributed by atoms with Crippen molar-refractivity contribution in [3.8, 4) is 5.75 Å². The Balaban J connectivity index is 1.87. The molecule has 0 spiro atoms. The van der Waals surface area contributed by atoms with Crippen molar-refractivity contribution in [3.63, 3.8) is 0 Å². The summed E-state index contributed by atoms with van der Waals surface area (Å²) < 4.78 is 33.1. The number of carbonyl (C=O) groups excluding carboxylic acids is 1. The van der Waals surface area contributed by atoms with E-state index in [1.54, 1.807) is 24.3 Å². The van der Waals surface area contributed by atoms with Crippen LogP contribution in [0.4, 0.5) is 5.69 Å². The van der Waals surface area contributed by atoms with Gasteiger partial charge in [-0.05, 0) is 55.7 Å². The van der Waals surface area contributed by atoms with E-state index >= 15 is 0 Å². The van der Waals surface area contributed by atoms with Gasteiger partial charge in [0.1, 0.15) is 5.75 Å². The SMILES string of the molecule is COc1ccc(C)cc1NS(=O)(=O)c1cccc(C(=O)NC2CC2)c1. The number of ether oxygens (including phenoxy) is 1. The Labute approximate surface area is 147 Å². The predicted molar refractivity (Wildman–Crippen MR) is 95.5 cm³/mol. The number of carbonyl (C=O) groups is 1. The summed E-state index contributed by atoms with van der Waals surface area (Å²) in [6.45, 7) is 1.86. The van der Waals surface area contributed by atoms with Crippen molar-refractivity contribution >= 4 is 21.6 Å². The van der Waals surface area contributed by atoms with E-state index in [1.165, 1.54) is 19.2 Å². The molecule has 2 aromatic carbocycles. The van der Waals surface area contributed by atoms with E-state index in [1.807, 2.05) is 13.0 Å². The Hall–Kier alpha value is -2.54. The Morgan fingerprint density at radius 2 is 1.92 bits per heavy atom. The third-order valence-electron chi connectivity index (χ3n) is 3.92. The number of benzene rings is 2. The van der Waals surface area contributed by atoms with Crippen LogP contribution in [0.2, 0.25) is 0 Å². The number of hydrogen-bond donors (Lipinski definition) is 2. The first-order valence-electron chi connectivity index (χ1n) is 7.97. The summed E-state index contributed by atoms with van der Waals surface area (Å²) in [5.41, 5.74) is 1.58. The van der Waals surface area contributed by atoms with E-state index in [4.69, 9.17) is 4.74 Å². The monoisotopic (exact) mass is 360 g/mol. The van der Waals surface area contributed by atoms with Gasteiger partial charge in [0.05, 0.1) is 17.7 Å². The Kier molecular flexibility index (Phi) is 4.67. The molecule has 2 aromatic rings. The molecule has 0 heterocycles. The summed E-state index contributed by atoms with van der Waals surface area (Å²) in [6, 6.07) is 11.4. The van der Waals surface area contributed by atoms with Crippen LogP contribution < -0.4 is 14.8 Å². The molecule has 0 unspecified atom stereocenters. The molecular weight excluding hydrogens is 340 g/mol. The van der Waals surface area contributed by atoms with Gasteiger partial charge in [-0.2, -0.15) is 0 Å². The molecule has 7 heteroatoms. The van der Waals surface area contributed by atoms with Crippen LogP contribution in [0.15, 0.2) is 47.4 Å².